The lowest BCUT2D eigenvalue weighted by molar-refractivity contribution is 0.803. The Balaban J connectivity index is 0.000000131. The van der Waals surface area contributed by atoms with Crippen molar-refractivity contribution in [1.82, 2.24) is 0 Å². The third-order valence-corrected chi connectivity index (χ3v) is 15.6. The number of rotatable bonds is 9. The van der Waals surface area contributed by atoms with Gasteiger partial charge in [-0.1, -0.05) is 194 Å². The Morgan fingerprint density at radius 2 is 0.683 bits per heavy atom. The Kier molecular flexibility index (Phi) is 16.8. The normalized spacial score (nSPS) is 12.0. The lowest BCUT2D eigenvalue weighted by Crippen LogP contribution is -2.18. The highest BCUT2D eigenvalue weighted by molar-refractivity contribution is 6.33. The summed E-state index contributed by atoms with van der Waals surface area (Å²) in [6.45, 7) is 0.771. The third kappa shape index (κ3) is 12.1. The molecule has 0 aliphatic carbocycles. The lowest BCUT2D eigenvalue weighted by atomic mass is 9.84. The minimum absolute atomic E-state index is 0.263. The van der Waals surface area contributed by atoms with E-state index in [4.69, 9.17) is 11.6 Å². The molecule has 0 atom stereocenters. The fraction of sp³-hybridized carbons (Fsp3) is 0.0959. The minimum Gasteiger partial charge on any atom is -0.379 e. The highest BCUT2D eigenvalue weighted by atomic mass is 35.5. The van der Waals surface area contributed by atoms with Gasteiger partial charge in [-0.15, -0.1) is 0 Å². The standard InChI is InChI=1S/C28H26N2.C27H26ClN3.C18H15N3/c1-29-25-16-8-6-14-22(25)24(20-21-12-4-3-5-13-21)23-15-7-9-17-26(23)30(2)28-19-11-10-18-27(28)29;1-30(24-16-8-6-14-22(24)28)26-18-10-11-19-27(26)31(2)25-17-9-7-15-23(25)29-20-21-12-4-3-5-13-21;1-2-8-14-13(7-1)19-15-9-3-4-10-16(15)21-18-12-6-5-11-17(18)20-14/h3-19,24H,20H2,1-2H3;3-19,29H,20H2,1-2H3;1-12,19-21H. The molecule has 0 spiro atoms. The van der Waals surface area contributed by atoms with Crippen molar-refractivity contribution < 1.29 is 0 Å². The van der Waals surface area contributed by atoms with Crippen LogP contribution in [0.4, 0.5) is 85.3 Å². The number of nitrogens with zero attached hydrogens (tertiary/aromatic N) is 4. The fourth-order valence-electron chi connectivity index (χ4n) is 11.0. The van der Waals surface area contributed by atoms with Gasteiger partial charge in [0.2, 0.25) is 0 Å². The zero-order valence-electron chi connectivity index (χ0n) is 46.7. The fourth-order valence-corrected chi connectivity index (χ4v) is 11.2. The molecule has 4 N–H and O–H groups in total. The van der Waals surface area contributed by atoms with Crippen LogP contribution in [0.1, 0.15) is 28.2 Å². The van der Waals surface area contributed by atoms with Crippen molar-refractivity contribution in [3.63, 3.8) is 0 Å². The van der Waals surface area contributed by atoms with E-state index in [1.165, 1.54) is 45.0 Å². The second-order valence-electron chi connectivity index (χ2n) is 20.4. The second kappa shape index (κ2) is 25.5. The summed E-state index contributed by atoms with van der Waals surface area (Å²) in [4.78, 5) is 9.03. The molecule has 2 aliphatic rings. The lowest BCUT2D eigenvalue weighted by Gasteiger charge is -2.29. The number of nitrogens with one attached hydrogen (secondary N) is 4. The zero-order valence-corrected chi connectivity index (χ0v) is 47.5. The highest BCUT2D eigenvalue weighted by Crippen LogP contribution is 2.47. The summed E-state index contributed by atoms with van der Waals surface area (Å²) in [6.07, 6.45) is 0.965. The molecule has 0 saturated carbocycles. The maximum atomic E-state index is 6.48. The van der Waals surface area contributed by atoms with Gasteiger partial charge in [0.05, 0.1) is 79.0 Å². The number of halogens is 1. The smallest absolute Gasteiger partial charge is 0.0649 e. The van der Waals surface area contributed by atoms with E-state index in [9.17, 15) is 0 Å². The van der Waals surface area contributed by atoms with Gasteiger partial charge in [0, 0.05) is 52.0 Å². The molecule has 0 fully saturated rings. The van der Waals surface area contributed by atoms with Gasteiger partial charge in [0.25, 0.3) is 0 Å². The Hall–Kier alpha value is -9.89. The van der Waals surface area contributed by atoms with Crippen molar-refractivity contribution >= 4 is 96.9 Å². The molecule has 0 unspecified atom stereocenters. The topological polar surface area (TPSA) is 61.1 Å². The molecule has 0 radical (unpaired) electrons. The molecule has 0 amide bonds. The van der Waals surface area contributed by atoms with Crippen LogP contribution in [0, 0.1) is 0 Å². The van der Waals surface area contributed by atoms with E-state index in [1.54, 1.807) is 0 Å². The Bertz CT molecular complexity index is 3660. The molecule has 11 aromatic carbocycles. The van der Waals surface area contributed by atoms with Crippen LogP contribution in [-0.2, 0) is 13.0 Å². The molecule has 0 aromatic heterocycles. The first kappa shape index (κ1) is 54.1. The summed E-state index contributed by atoms with van der Waals surface area (Å²) in [5.74, 6) is 0.263. The average Bonchev–Trinajstić information content (AvgIpc) is 3.75. The van der Waals surface area contributed by atoms with E-state index < -0.39 is 0 Å². The summed E-state index contributed by atoms with van der Waals surface area (Å²) >= 11 is 6.48. The number of anilines is 15. The molecular weight excluding hydrogens is 1020 g/mol. The first-order valence-electron chi connectivity index (χ1n) is 27.8. The first-order valence-corrected chi connectivity index (χ1v) is 28.2. The quantitative estimate of drug-likeness (QED) is 0.114. The molecule has 0 saturated heterocycles. The van der Waals surface area contributed by atoms with Crippen molar-refractivity contribution in [2.45, 2.75) is 18.9 Å². The summed E-state index contributed by atoms with van der Waals surface area (Å²) in [7, 11) is 8.51. The van der Waals surface area contributed by atoms with Crippen molar-refractivity contribution in [1.29, 1.82) is 0 Å². The van der Waals surface area contributed by atoms with Gasteiger partial charge in [0.1, 0.15) is 0 Å². The number of benzene rings is 11. The summed E-state index contributed by atoms with van der Waals surface area (Å²) in [5.41, 5.74) is 22.0. The molecule has 11 aromatic rings. The number of hydrogen-bond acceptors (Lipinski definition) is 8. The maximum Gasteiger partial charge on any atom is 0.0649 e. The van der Waals surface area contributed by atoms with E-state index in [0.29, 0.717) is 0 Å². The van der Waals surface area contributed by atoms with E-state index >= 15 is 0 Å². The van der Waals surface area contributed by atoms with Gasteiger partial charge in [0.15, 0.2) is 0 Å². The van der Waals surface area contributed by atoms with E-state index in [1.807, 2.05) is 73.8 Å². The highest BCUT2D eigenvalue weighted by Gasteiger charge is 2.28. The molecule has 9 heteroatoms. The Morgan fingerprint density at radius 3 is 1.13 bits per heavy atom. The zero-order chi connectivity index (χ0) is 56.2. The van der Waals surface area contributed by atoms with Crippen LogP contribution in [0.25, 0.3) is 0 Å². The molecule has 2 heterocycles. The molecule has 82 heavy (non-hydrogen) atoms. The number of para-hydroxylation sites is 15. The van der Waals surface area contributed by atoms with Crippen LogP contribution in [0.2, 0.25) is 5.02 Å². The van der Waals surface area contributed by atoms with Gasteiger partial charge in [-0.2, -0.15) is 0 Å². The van der Waals surface area contributed by atoms with Crippen LogP contribution < -0.4 is 40.9 Å². The molecular formula is C73H67ClN8. The molecule has 13 rings (SSSR count). The Morgan fingerprint density at radius 1 is 0.354 bits per heavy atom. The van der Waals surface area contributed by atoms with E-state index in [2.05, 4.69) is 274 Å². The predicted molar refractivity (Wildman–Crippen MR) is 351 cm³/mol. The van der Waals surface area contributed by atoms with Gasteiger partial charge >= 0.3 is 0 Å². The average molecular weight is 1090 g/mol. The molecule has 8 nitrogen and oxygen atoms in total. The number of fused-ring (bicyclic) bond motifs is 6. The van der Waals surface area contributed by atoms with Crippen molar-refractivity contribution in [2.75, 3.05) is 69.1 Å². The number of hydrogen-bond donors (Lipinski definition) is 4. The largest absolute Gasteiger partial charge is 0.379 e. The van der Waals surface area contributed by atoms with Crippen molar-refractivity contribution in [3.8, 4) is 0 Å². The van der Waals surface area contributed by atoms with Crippen LogP contribution in [0.5, 0.6) is 0 Å². The monoisotopic (exact) mass is 1090 g/mol. The van der Waals surface area contributed by atoms with E-state index in [-0.39, 0.29) is 5.92 Å². The Labute approximate surface area is 488 Å². The summed E-state index contributed by atoms with van der Waals surface area (Å²) < 4.78 is 0. The van der Waals surface area contributed by atoms with Gasteiger partial charge in [-0.05, 0) is 126 Å². The van der Waals surface area contributed by atoms with Gasteiger partial charge in [-0.3, -0.25) is 0 Å². The van der Waals surface area contributed by atoms with Crippen molar-refractivity contribution in [3.05, 3.63) is 306 Å². The van der Waals surface area contributed by atoms with Gasteiger partial charge in [-0.25, -0.2) is 0 Å². The minimum atomic E-state index is 0.263. The van der Waals surface area contributed by atoms with Crippen LogP contribution in [-0.4, -0.2) is 28.2 Å². The van der Waals surface area contributed by atoms with Crippen LogP contribution in [0.3, 0.4) is 0 Å². The molecule has 0 bridgehead atoms. The van der Waals surface area contributed by atoms with Gasteiger partial charge < -0.3 is 40.9 Å². The second-order valence-corrected chi connectivity index (χ2v) is 20.8. The van der Waals surface area contributed by atoms with Crippen LogP contribution in [0.15, 0.2) is 279 Å². The molecule has 2 aliphatic heterocycles. The first-order chi connectivity index (χ1) is 40.3. The third-order valence-electron chi connectivity index (χ3n) is 15.2. The summed E-state index contributed by atoms with van der Waals surface area (Å²) in [6, 6.07) is 97.0. The maximum absolute atomic E-state index is 6.48. The molecule has 406 valence electrons. The van der Waals surface area contributed by atoms with Crippen LogP contribution >= 0.6 is 11.6 Å². The summed E-state index contributed by atoms with van der Waals surface area (Å²) in [5, 5.41) is 14.8. The van der Waals surface area contributed by atoms with E-state index in [0.717, 1.165) is 80.5 Å². The predicted octanol–water partition coefficient (Wildman–Crippen LogP) is 19.6. The van der Waals surface area contributed by atoms with Crippen molar-refractivity contribution in [2.24, 2.45) is 0 Å². The SMILES string of the molecule is CN(c1ccccc1Cl)c1ccccc1N(C)c1ccccc1NCc1ccccc1.CN1c2ccccc2C(Cc2ccccc2)c2ccccc2N(C)c2ccccc21.c1ccc2c(c1)Nc1ccccc1Nc1ccccc1N2.